The molecule has 1 aromatic rings. The van der Waals surface area contributed by atoms with Crippen molar-refractivity contribution in [2.75, 3.05) is 13.1 Å². The number of hydrogen-bond donors (Lipinski definition) is 2. The zero-order valence-electron chi connectivity index (χ0n) is 8.67. The lowest BCUT2D eigenvalue weighted by atomic mass is 9.92. The molecule has 0 spiro atoms. The van der Waals surface area contributed by atoms with Gasteiger partial charge in [0.25, 0.3) is 0 Å². The van der Waals surface area contributed by atoms with E-state index < -0.39 is 0 Å². The average molecular weight is 270 g/mol. The molecule has 0 radical (unpaired) electrons. The van der Waals surface area contributed by atoms with Gasteiger partial charge in [-0.3, -0.25) is 0 Å². The van der Waals surface area contributed by atoms with Crippen molar-refractivity contribution in [3.63, 3.8) is 0 Å². The van der Waals surface area contributed by atoms with Gasteiger partial charge in [0.2, 0.25) is 0 Å². The van der Waals surface area contributed by atoms with E-state index in [0.717, 1.165) is 29.9 Å². The Bertz CT molecular complexity index is 334. The molecule has 1 unspecified atom stereocenters. The molecular formula is C12H16BrNO. The largest absolute Gasteiger partial charge is 0.508 e. The van der Waals surface area contributed by atoms with E-state index in [9.17, 15) is 5.11 Å². The SMILES string of the molecule is Oc1ccc(CC2CCCNC2)c(Br)c1. The number of phenolic OH excluding ortho intramolecular Hbond substituents is 1. The van der Waals surface area contributed by atoms with E-state index in [1.54, 1.807) is 12.1 Å². The molecular weight excluding hydrogens is 254 g/mol. The van der Waals surface area contributed by atoms with Gasteiger partial charge in [-0.25, -0.2) is 0 Å². The Kier molecular flexibility index (Phi) is 3.65. The molecule has 1 aliphatic rings. The lowest BCUT2D eigenvalue weighted by Gasteiger charge is -2.23. The second-order valence-electron chi connectivity index (χ2n) is 4.19. The van der Waals surface area contributed by atoms with Crippen LogP contribution in [0.3, 0.4) is 0 Å². The number of hydrogen-bond acceptors (Lipinski definition) is 2. The highest BCUT2D eigenvalue weighted by Crippen LogP contribution is 2.26. The molecule has 15 heavy (non-hydrogen) atoms. The molecule has 2 nitrogen and oxygen atoms in total. The van der Waals surface area contributed by atoms with Crippen LogP contribution >= 0.6 is 15.9 Å². The summed E-state index contributed by atoms with van der Waals surface area (Å²) in [5.41, 5.74) is 1.29. The molecule has 1 aliphatic heterocycles. The van der Waals surface area contributed by atoms with Gasteiger partial charge < -0.3 is 10.4 Å². The molecule has 0 bridgehead atoms. The van der Waals surface area contributed by atoms with Crippen molar-refractivity contribution in [3.05, 3.63) is 28.2 Å². The van der Waals surface area contributed by atoms with Crippen molar-refractivity contribution in [2.45, 2.75) is 19.3 Å². The molecule has 2 rings (SSSR count). The maximum absolute atomic E-state index is 9.30. The molecule has 0 amide bonds. The fourth-order valence-electron chi connectivity index (χ4n) is 2.11. The number of halogens is 1. The van der Waals surface area contributed by atoms with E-state index in [-0.39, 0.29) is 0 Å². The number of benzene rings is 1. The lowest BCUT2D eigenvalue weighted by molar-refractivity contribution is 0.375. The summed E-state index contributed by atoms with van der Waals surface area (Å²) in [6.07, 6.45) is 3.68. The maximum atomic E-state index is 9.30. The van der Waals surface area contributed by atoms with Crippen LogP contribution in [-0.4, -0.2) is 18.2 Å². The van der Waals surface area contributed by atoms with Crippen LogP contribution in [0.15, 0.2) is 22.7 Å². The van der Waals surface area contributed by atoms with Crippen LogP contribution in [0.2, 0.25) is 0 Å². The minimum Gasteiger partial charge on any atom is -0.508 e. The second kappa shape index (κ2) is 4.99. The summed E-state index contributed by atoms with van der Waals surface area (Å²) < 4.78 is 1.02. The highest BCUT2D eigenvalue weighted by molar-refractivity contribution is 9.10. The van der Waals surface area contributed by atoms with E-state index in [0.29, 0.717) is 5.75 Å². The number of aromatic hydroxyl groups is 1. The Labute approximate surface area is 98.8 Å². The Morgan fingerprint density at radius 1 is 1.47 bits per heavy atom. The average Bonchev–Trinajstić information content (AvgIpc) is 2.24. The zero-order valence-corrected chi connectivity index (χ0v) is 10.3. The van der Waals surface area contributed by atoms with E-state index in [4.69, 9.17) is 0 Å². The van der Waals surface area contributed by atoms with Crippen LogP contribution in [0.1, 0.15) is 18.4 Å². The highest BCUT2D eigenvalue weighted by atomic mass is 79.9. The van der Waals surface area contributed by atoms with Crippen molar-refractivity contribution in [1.82, 2.24) is 5.32 Å². The maximum Gasteiger partial charge on any atom is 0.116 e. The second-order valence-corrected chi connectivity index (χ2v) is 5.05. The quantitative estimate of drug-likeness (QED) is 0.866. The topological polar surface area (TPSA) is 32.3 Å². The van der Waals surface area contributed by atoms with Crippen LogP contribution in [0.5, 0.6) is 5.75 Å². The van der Waals surface area contributed by atoms with Gasteiger partial charge in [0.05, 0.1) is 0 Å². The van der Waals surface area contributed by atoms with Crippen LogP contribution in [-0.2, 0) is 6.42 Å². The van der Waals surface area contributed by atoms with Gasteiger partial charge in [0.15, 0.2) is 0 Å². The third kappa shape index (κ3) is 2.95. The van der Waals surface area contributed by atoms with Gasteiger partial charge in [-0.15, -0.1) is 0 Å². The summed E-state index contributed by atoms with van der Waals surface area (Å²) in [6.45, 7) is 2.28. The molecule has 82 valence electrons. The van der Waals surface area contributed by atoms with Gasteiger partial charge in [-0.05, 0) is 56.0 Å². The molecule has 2 N–H and O–H groups in total. The molecule has 0 saturated carbocycles. The van der Waals surface area contributed by atoms with Crippen LogP contribution in [0.25, 0.3) is 0 Å². The molecule has 1 saturated heterocycles. The Morgan fingerprint density at radius 2 is 2.33 bits per heavy atom. The molecule has 1 heterocycles. The predicted molar refractivity (Wildman–Crippen MR) is 65.1 cm³/mol. The van der Waals surface area contributed by atoms with E-state index >= 15 is 0 Å². The third-order valence-electron chi connectivity index (χ3n) is 2.94. The summed E-state index contributed by atoms with van der Waals surface area (Å²) >= 11 is 3.49. The van der Waals surface area contributed by atoms with E-state index in [2.05, 4.69) is 21.2 Å². The molecule has 1 atom stereocenters. The summed E-state index contributed by atoms with van der Waals surface area (Å²) in [5, 5.41) is 12.7. The molecule has 0 aromatic heterocycles. The number of rotatable bonds is 2. The van der Waals surface area contributed by atoms with Crippen molar-refractivity contribution >= 4 is 15.9 Å². The normalized spacial score (nSPS) is 21.5. The van der Waals surface area contributed by atoms with Crippen LogP contribution in [0.4, 0.5) is 0 Å². The van der Waals surface area contributed by atoms with Crippen molar-refractivity contribution in [3.8, 4) is 5.75 Å². The fraction of sp³-hybridized carbons (Fsp3) is 0.500. The number of phenols is 1. The highest BCUT2D eigenvalue weighted by Gasteiger charge is 2.14. The summed E-state index contributed by atoms with van der Waals surface area (Å²) in [5.74, 6) is 1.06. The van der Waals surface area contributed by atoms with Gasteiger partial charge in [-0.1, -0.05) is 22.0 Å². The van der Waals surface area contributed by atoms with E-state index in [1.165, 1.54) is 18.4 Å². The Balaban J connectivity index is 2.03. The predicted octanol–water partition coefficient (Wildman–Crippen LogP) is 2.70. The first-order valence-electron chi connectivity index (χ1n) is 5.44. The standard InChI is InChI=1S/C12H16BrNO/c13-12-7-11(15)4-3-10(12)6-9-2-1-5-14-8-9/h3-4,7,9,14-15H,1-2,5-6,8H2. The van der Waals surface area contributed by atoms with Gasteiger partial charge >= 0.3 is 0 Å². The molecule has 3 heteroatoms. The Morgan fingerprint density at radius 3 is 3.00 bits per heavy atom. The molecule has 1 aromatic carbocycles. The summed E-state index contributed by atoms with van der Waals surface area (Å²) in [4.78, 5) is 0. The molecule has 1 fully saturated rings. The van der Waals surface area contributed by atoms with Gasteiger partial charge in [0.1, 0.15) is 5.75 Å². The van der Waals surface area contributed by atoms with Gasteiger partial charge in [0, 0.05) is 4.47 Å². The minimum atomic E-state index is 0.326. The summed E-state index contributed by atoms with van der Waals surface area (Å²) in [6, 6.07) is 5.54. The first-order chi connectivity index (χ1) is 7.25. The Hall–Kier alpha value is -0.540. The minimum absolute atomic E-state index is 0.326. The zero-order chi connectivity index (χ0) is 10.7. The number of piperidine rings is 1. The van der Waals surface area contributed by atoms with E-state index in [1.807, 2.05) is 6.07 Å². The van der Waals surface area contributed by atoms with Crippen LogP contribution < -0.4 is 5.32 Å². The third-order valence-corrected chi connectivity index (χ3v) is 3.68. The monoisotopic (exact) mass is 269 g/mol. The first kappa shape index (κ1) is 11.0. The first-order valence-corrected chi connectivity index (χ1v) is 6.23. The van der Waals surface area contributed by atoms with Crippen molar-refractivity contribution < 1.29 is 5.11 Å². The van der Waals surface area contributed by atoms with Crippen molar-refractivity contribution in [1.29, 1.82) is 0 Å². The number of nitrogens with one attached hydrogen (secondary N) is 1. The summed E-state index contributed by atoms with van der Waals surface area (Å²) in [7, 11) is 0. The van der Waals surface area contributed by atoms with Crippen LogP contribution in [0, 0.1) is 5.92 Å². The smallest absolute Gasteiger partial charge is 0.116 e. The van der Waals surface area contributed by atoms with Crippen molar-refractivity contribution in [2.24, 2.45) is 5.92 Å². The molecule has 0 aliphatic carbocycles. The fourth-order valence-corrected chi connectivity index (χ4v) is 2.64. The lowest BCUT2D eigenvalue weighted by Crippen LogP contribution is -2.30. The van der Waals surface area contributed by atoms with Gasteiger partial charge in [-0.2, -0.15) is 0 Å².